The Hall–Kier alpha value is -2.48. The molecule has 1 fully saturated rings. The van der Waals surface area contributed by atoms with Crippen LogP contribution in [0, 0.1) is 5.92 Å². The summed E-state index contributed by atoms with van der Waals surface area (Å²) < 4.78 is 3.54. The molecule has 0 spiro atoms. The van der Waals surface area contributed by atoms with Crippen LogP contribution < -0.4 is 5.73 Å². The molecule has 1 unspecified atom stereocenters. The number of nitrogens with zero attached hydrogens (tertiary/aromatic N) is 6. The molecule has 24 heavy (non-hydrogen) atoms. The van der Waals surface area contributed by atoms with Gasteiger partial charge in [0, 0.05) is 57.3 Å². The Morgan fingerprint density at radius 1 is 1.46 bits per heavy atom. The quantitative estimate of drug-likeness (QED) is 0.802. The Bertz CT molecular complexity index is 718. The molecule has 0 bridgehead atoms. The molecule has 1 aliphatic heterocycles. The maximum Gasteiger partial charge on any atom is 0.246 e. The minimum absolute atomic E-state index is 0.0461. The monoisotopic (exact) mass is 329 g/mol. The maximum atomic E-state index is 12.4. The normalized spacial score (nSPS) is 18.4. The van der Waals surface area contributed by atoms with Crippen molar-refractivity contribution in [3.63, 3.8) is 0 Å². The van der Waals surface area contributed by atoms with E-state index in [9.17, 15) is 4.79 Å². The van der Waals surface area contributed by atoms with E-state index in [4.69, 9.17) is 5.73 Å². The van der Waals surface area contributed by atoms with Crippen molar-refractivity contribution in [2.45, 2.75) is 25.9 Å². The Balaban J connectivity index is 1.56. The Morgan fingerprint density at radius 3 is 3.04 bits per heavy atom. The Morgan fingerprint density at radius 2 is 2.33 bits per heavy atom. The summed E-state index contributed by atoms with van der Waals surface area (Å²) in [7, 11) is 1.86. The molecule has 3 heterocycles. The molecule has 2 aromatic heterocycles. The molecule has 8 heteroatoms. The highest BCUT2D eigenvalue weighted by Crippen LogP contribution is 2.18. The van der Waals surface area contributed by atoms with Gasteiger partial charge in [-0.05, 0) is 24.8 Å². The fourth-order valence-corrected chi connectivity index (χ4v) is 3.00. The fourth-order valence-electron chi connectivity index (χ4n) is 3.00. The smallest absolute Gasteiger partial charge is 0.246 e. The van der Waals surface area contributed by atoms with Gasteiger partial charge in [0.1, 0.15) is 0 Å². The third-order valence-corrected chi connectivity index (χ3v) is 4.21. The number of carbonyl (C=O) groups excluding carboxylic acids is 1. The van der Waals surface area contributed by atoms with Gasteiger partial charge in [-0.3, -0.25) is 14.2 Å². The van der Waals surface area contributed by atoms with E-state index in [0.29, 0.717) is 12.5 Å². The summed E-state index contributed by atoms with van der Waals surface area (Å²) >= 11 is 0. The molecule has 3 rings (SSSR count). The number of hydrogen-bond acceptors (Lipinski definition) is 5. The zero-order chi connectivity index (χ0) is 16.9. The van der Waals surface area contributed by atoms with Crippen molar-refractivity contribution in [3.05, 3.63) is 35.9 Å². The summed E-state index contributed by atoms with van der Waals surface area (Å²) in [5.41, 5.74) is 7.28. The zero-order valence-electron chi connectivity index (χ0n) is 13.9. The summed E-state index contributed by atoms with van der Waals surface area (Å²) in [5, 5.41) is 12.2. The van der Waals surface area contributed by atoms with Crippen molar-refractivity contribution >= 4 is 12.0 Å². The molecule has 2 N–H and O–H groups in total. The number of carbonyl (C=O) groups is 1. The Kier molecular flexibility index (Phi) is 5.05. The second-order valence-corrected chi connectivity index (χ2v) is 6.21. The highest BCUT2D eigenvalue weighted by molar-refractivity contribution is 5.91. The minimum atomic E-state index is 0.0461. The summed E-state index contributed by atoms with van der Waals surface area (Å²) in [6.07, 6.45) is 11.0. The molecule has 2 aromatic rings. The molecule has 128 valence electrons. The molecule has 8 nitrogen and oxygen atoms in total. The van der Waals surface area contributed by atoms with Crippen molar-refractivity contribution < 1.29 is 4.79 Å². The van der Waals surface area contributed by atoms with Crippen LogP contribution >= 0.6 is 0 Å². The van der Waals surface area contributed by atoms with Crippen LogP contribution in [0.1, 0.15) is 24.1 Å². The fraction of sp³-hybridized carbons (Fsp3) is 0.500. The molecule has 0 aromatic carbocycles. The molecular formula is C16H23N7O. The third kappa shape index (κ3) is 4.08. The van der Waals surface area contributed by atoms with E-state index in [1.165, 1.54) is 0 Å². The van der Waals surface area contributed by atoms with Gasteiger partial charge >= 0.3 is 0 Å². The molecule has 1 saturated heterocycles. The van der Waals surface area contributed by atoms with Crippen molar-refractivity contribution in [3.8, 4) is 0 Å². The topological polar surface area (TPSA) is 94.9 Å². The number of piperidine rings is 1. The van der Waals surface area contributed by atoms with Gasteiger partial charge in [0.15, 0.2) is 0 Å². The summed E-state index contributed by atoms with van der Waals surface area (Å²) in [6, 6.07) is 0. The first-order valence-electron chi connectivity index (χ1n) is 8.19. The van der Waals surface area contributed by atoms with E-state index in [1.54, 1.807) is 17.0 Å². The lowest BCUT2D eigenvalue weighted by atomic mass is 9.98. The second kappa shape index (κ2) is 7.39. The van der Waals surface area contributed by atoms with E-state index in [2.05, 4.69) is 15.4 Å². The van der Waals surface area contributed by atoms with Crippen molar-refractivity contribution in [1.29, 1.82) is 0 Å². The number of aryl methyl sites for hydroxylation is 1. The van der Waals surface area contributed by atoms with Gasteiger partial charge < -0.3 is 10.6 Å². The standard InChI is InChI=1S/C16H23N7O/c1-21-9-13(8-18-21)4-5-16(24)22-6-2-3-14(10-22)11-23-12-15(7-17)19-20-23/h4-5,8-9,12,14H,2-3,6-7,10-11,17H2,1H3/b5-4+. The predicted molar refractivity (Wildman–Crippen MR) is 89.5 cm³/mol. The van der Waals surface area contributed by atoms with Crippen LogP contribution in [0.15, 0.2) is 24.7 Å². The van der Waals surface area contributed by atoms with Crippen molar-refractivity contribution in [2.24, 2.45) is 18.7 Å². The summed E-state index contributed by atoms with van der Waals surface area (Å²) in [5.74, 6) is 0.437. The molecule has 0 radical (unpaired) electrons. The van der Waals surface area contributed by atoms with Crippen molar-refractivity contribution in [1.82, 2.24) is 29.7 Å². The van der Waals surface area contributed by atoms with Gasteiger partial charge in [-0.25, -0.2) is 0 Å². The van der Waals surface area contributed by atoms with E-state index in [0.717, 1.165) is 43.7 Å². The van der Waals surface area contributed by atoms with Gasteiger partial charge in [-0.2, -0.15) is 5.10 Å². The van der Waals surface area contributed by atoms with Crippen LogP contribution in [0.5, 0.6) is 0 Å². The highest BCUT2D eigenvalue weighted by atomic mass is 16.2. The lowest BCUT2D eigenvalue weighted by Crippen LogP contribution is -2.40. The first kappa shape index (κ1) is 16.4. The summed E-state index contributed by atoms with van der Waals surface area (Å²) in [6.45, 7) is 2.71. The van der Waals surface area contributed by atoms with E-state index in [1.807, 2.05) is 35.1 Å². The van der Waals surface area contributed by atoms with E-state index < -0.39 is 0 Å². The molecule has 0 saturated carbocycles. The minimum Gasteiger partial charge on any atom is -0.339 e. The van der Waals surface area contributed by atoms with E-state index >= 15 is 0 Å². The van der Waals surface area contributed by atoms with Crippen LogP contribution in [0.4, 0.5) is 0 Å². The molecule has 1 aliphatic rings. The van der Waals surface area contributed by atoms with Gasteiger partial charge in [0.05, 0.1) is 11.9 Å². The lowest BCUT2D eigenvalue weighted by molar-refractivity contribution is -0.127. The zero-order valence-corrected chi connectivity index (χ0v) is 13.9. The highest BCUT2D eigenvalue weighted by Gasteiger charge is 2.23. The average Bonchev–Trinajstić information content (AvgIpc) is 3.21. The average molecular weight is 329 g/mol. The molecular weight excluding hydrogens is 306 g/mol. The predicted octanol–water partition coefficient (Wildman–Crippen LogP) is 0.422. The SMILES string of the molecule is Cn1cc(/C=C/C(=O)N2CCCC(Cn3cc(CN)nn3)C2)cn1. The van der Waals surface area contributed by atoms with Crippen LogP contribution in [-0.2, 0) is 24.9 Å². The largest absolute Gasteiger partial charge is 0.339 e. The van der Waals surface area contributed by atoms with Gasteiger partial charge in [0.2, 0.25) is 5.91 Å². The van der Waals surface area contributed by atoms with Crippen LogP contribution in [0.2, 0.25) is 0 Å². The van der Waals surface area contributed by atoms with Crippen LogP contribution in [0.25, 0.3) is 6.08 Å². The molecule has 1 atom stereocenters. The number of amides is 1. The van der Waals surface area contributed by atoms with Crippen LogP contribution in [0.3, 0.4) is 0 Å². The van der Waals surface area contributed by atoms with Gasteiger partial charge in [0.25, 0.3) is 0 Å². The second-order valence-electron chi connectivity index (χ2n) is 6.21. The van der Waals surface area contributed by atoms with Crippen LogP contribution in [-0.4, -0.2) is 48.7 Å². The lowest BCUT2D eigenvalue weighted by Gasteiger charge is -2.32. The van der Waals surface area contributed by atoms with E-state index in [-0.39, 0.29) is 5.91 Å². The molecule has 0 aliphatic carbocycles. The molecule has 1 amide bonds. The van der Waals surface area contributed by atoms with Crippen molar-refractivity contribution in [2.75, 3.05) is 13.1 Å². The Labute approximate surface area is 140 Å². The number of likely N-dealkylation sites (tertiary alicyclic amines) is 1. The third-order valence-electron chi connectivity index (χ3n) is 4.21. The number of hydrogen-bond donors (Lipinski definition) is 1. The number of rotatable bonds is 5. The number of aromatic nitrogens is 5. The number of nitrogens with two attached hydrogens (primary N) is 1. The van der Waals surface area contributed by atoms with Gasteiger partial charge in [-0.15, -0.1) is 5.10 Å². The first-order chi connectivity index (χ1) is 11.6. The first-order valence-corrected chi connectivity index (χ1v) is 8.19. The maximum absolute atomic E-state index is 12.4. The van der Waals surface area contributed by atoms with Gasteiger partial charge in [-0.1, -0.05) is 5.21 Å². The summed E-state index contributed by atoms with van der Waals surface area (Å²) in [4.78, 5) is 14.3.